The molecule has 176 valence electrons. The first-order chi connectivity index (χ1) is 15.4. The number of carboxylic acid groups (broad SMARTS) is 1. The zero-order chi connectivity index (χ0) is 24.7. The minimum Gasteiger partial charge on any atom is -0.478 e. The quantitative estimate of drug-likeness (QED) is 0.388. The average molecular weight is 496 g/mol. The first kappa shape index (κ1) is 25.1. The third kappa shape index (κ3) is 5.01. The van der Waals surface area contributed by atoms with E-state index in [1.807, 2.05) is 6.92 Å². The molecule has 0 aliphatic rings. The number of ether oxygens (including phenoxy) is 1. The van der Waals surface area contributed by atoms with E-state index in [9.17, 15) is 14.7 Å². The predicted octanol–water partition coefficient (Wildman–Crippen LogP) is 6.63. The minimum absolute atomic E-state index is 0.0983. The van der Waals surface area contributed by atoms with Crippen LogP contribution < -0.4 is 0 Å². The van der Waals surface area contributed by atoms with Crippen molar-refractivity contribution in [1.29, 1.82) is 0 Å². The summed E-state index contributed by atoms with van der Waals surface area (Å²) >= 11 is 7.02. The van der Waals surface area contributed by atoms with Crippen molar-refractivity contribution in [2.45, 2.75) is 63.0 Å². The van der Waals surface area contributed by atoms with Gasteiger partial charge in [-0.05, 0) is 57.9 Å². The van der Waals surface area contributed by atoms with Crippen molar-refractivity contribution < 1.29 is 28.2 Å². The topological polar surface area (TPSA) is 68.5 Å². The molecule has 0 saturated heterocycles. The van der Waals surface area contributed by atoms with E-state index in [4.69, 9.17) is 16.3 Å². The summed E-state index contributed by atoms with van der Waals surface area (Å²) in [4.78, 5) is 24.6. The Morgan fingerprint density at radius 1 is 1.12 bits per heavy atom. The van der Waals surface area contributed by atoms with E-state index in [-0.39, 0.29) is 22.0 Å². The molecule has 0 fully saturated rings. The van der Waals surface area contributed by atoms with Crippen molar-refractivity contribution in [2.75, 3.05) is 0 Å². The van der Waals surface area contributed by atoms with E-state index in [1.165, 1.54) is 16.7 Å². The maximum Gasteiger partial charge on any atom is 0.338 e. The molecule has 0 spiro atoms. The number of hydrogen-bond donors (Lipinski definition) is 1. The largest absolute Gasteiger partial charge is 0.478 e. The Morgan fingerprint density at radius 2 is 1.79 bits per heavy atom. The standard InChI is InChI=1S/C24H24ClF2NO4S/c1-6-13-7-8-14(23(30)31)18(26)22(13)33-21-12(2)28(11-17(29)32-24(3,4)5)20-15(21)9-10-16(25)19(20)27/h7-10H,6,11H2,1-5H3,(H,30,31). The van der Waals surface area contributed by atoms with E-state index >= 15 is 8.78 Å². The van der Waals surface area contributed by atoms with Crippen LogP contribution in [0.2, 0.25) is 5.02 Å². The number of esters is 1. The zero-order valence-electron chi connectivity index (χ0n) is 18.9. The van der Waals surface area contributed by atoms with Gasteiger partial charge in [0.25, 0.3) is 0 Å². The van der Waals surface area contributed by atoms with E-state index in [2.05, 4.69) is 0 Å². The van der Waals surface area contributed by atoms with Gasteiger partial charge in [0, 0.05) is 16.0 Å². The van der Waals surface area contributed by atoms with Crippen molar-refractivity contribution >= 4 is 46.2 Å². The van der Waals surface area contributed by atoms with Gasteiger partial charge in [-0.25, -0.2) is 13.6 Å². The fraction of sp³-hybridized carbons (Fsp3) is 0.333. The van der Waals surface area contributed by atoms with Crippen LogP contribution >= 0.6 is 23.4 Å². The molecule has 0 unspecified atom stereocenters. The number of carbonyl (C=O) groups is 2. The highest BCUT2D eigenvalue weighted by atomic mass is 35.5. The Morgan fingerprint density at radius 3 is 2.36 bits per heavy atom. The van der Waals surface area contributed by atoms with E-state index < -0.39 is 34.7 Å². The van der Waals surface area contributed by atoms with Gasteiger partial charge in [0.15, 0.2) is 11.6 Å². The van der Waals surface area contributed by atoms with Gasteiger partial charge in [-0.1, -0.05) is 36.4 Å². The van der Waals surface area contributed by atoms with Crippen LogP contribution in [0.25, 0.3) is 10.9 Å². The molecule has 3 aromatic rings. The fourth-order valence-corrected chi connectivity index (χ4v) is 4.99. The van der Waals surface area contributed by atoms with Crippen molar-refractivity contribution in [2.24, 2.45) is 0 Å². The molecular formula is C24H24ClF2NO4S. The van der Waals surface area contributed by atoms with Gasteiger partial charge >= 0.3 is 11.9 Å². The van der Waals surface area contributed by atoms with Crippen molar-refractivity contribution in [3.8, 4) is 0 Å². The molecule has 0 aliphatic carbocycles. The lowest BCUT2D eigenvalue weighted by molar-refractivity contribution is -0.155. The maximum atomic E-state index is 15.2. The molecule has 3 rings (SSSR count). The van der Waals surface area contributed by atoms with Crippen molar-refractivity contribution in [1.82, 2.24) is 4.57 Å². The summed E-state index contributed by atoms with van der Waals surface area (Å²) in [6.07, 6.45) is 0.467. The van der Waals surface area contributed by atoms with E-state index in [0.29, 0.717) is 28.0 Å². The molecule has 33 heavy (non-hydrogen) atoms. The summed E-state index contributed by atoms with van der Waals surface area (Å²) in [6, 6.07) is 5.80. The van der Waals surface area contributed by atoms with Crippen LogP contribution in [0.15, 0.2) is 34.1 Å². The third-order valence-corrected chi connectivity index (χ3v) is 6.68. The molecule has 0 amide bonds. The number of aromatic nitrogens is 1. The Labute approximate surface area is 199 Å². The maximum absolute atomic E-state index is 15.2. The van der Waals surface area contributed by atoms with Crippen LogP contribution in [0.3, 0.4) is 0 Å². The number of aryl methyl sites for hydroxylation is 1. The molecule has 1 N–H and O–H groups in total. The summed E-state index contributed by atoms with van der Waals surface area (Å²) in [5.41, 5.74) is 0.0480. The molecular weight excluding hydrogens is 472 g/mol. The number of aromatic carboxylic acids is 1. The van der Waals surface area contributed by atoms with Crippen molar-refractivity contribution in [3.63, 3.8) is 0 Å². The molecule has 1 heterocycles. The highest BCUT2D eigenvalue weighted by molar-refractivity contribution is 7.99. The second-order valence-electron chi connectivity index (χ2n) is 8.52. The molecule has 0 bridgehead atoms. The molecule has 1 aromatic heterocycles. The number of carbonyl (C=O) groups excluding carboxylic acids is 1. The monoisotopic (exact) mass is 495 g/mol. The number of benzene rings is 2. The van der Waals surface area contributed by atoms with Crippen LogP contribution in [0.1, 0.15) is 49.3 Å². The Kier molecular flexibility index (Phi) is 7.10. The SMILES string of the molecule is CCc1ccc(C(=O)O)c(F)c1Sc1c(C)n(CC(=O)OC(C)(C)C)c2c(F)c(Cl)ccc12. The summed E-state index contributed by atoms with van der Waals surface area (Å²) in [5, 5.41) is 9.66. The fourth-order valence-electron chi connectivity index (χ4n) is 3.55. The van der Waals surface area contributed by atoms with Crippen molar-refractivity contribution in [3.05, 3.63) is 57.7 Å². The molecule has 9 heteroatoms. The second kappa shape index (κ2) is 9.35. The summed E-state index contributed by atoms with van der Waals surface area (Å²) in [7, 11) is 0. The van der Waals surface area contributed by atoms with E-state index in [0.717, 1.165) is 11.8 Å². The Balaban J connectivity index is 2.21. The number of fused-ring (bicyclic) bond motifs is 1. The molecule has 5 nitrogen and oxygen atoms in total. The summed E-state index contributed by atoms with van der Waals surface area (Å²) < 4.78 is 37.1. The van der Waals surface area contributed by atoms with Crippen LogP contribution in [-0.4, -0.2) is 27.2 Å². The van der Waals surface area contributed by atoms with Crippen LogP contribution in [0.5, 0.6) is 0 Å². The predicted molar refractivity (Wildman–Crippen MR) is 124 cm³/mol. The second-order valence-corrected chi connectivity index (χ2v) is 9.95. The van der Waals surface area contributed by atoms with Gasteiger partial charge in [-0.15, -0.1) is 0 Å². The molecule has 0 radical (unpaired) electrons. The van der Waals surface area contributed by atoms with Gasteiger partial charge in [0.1, 0.15) is 12.1 Å². The third-order valence-electron chi connectivity index (χ3n) is 5.02. The van der Waals surface area contributed by atoms with Gasteiger partial charge in [0.2, 0.25) is 0 Å². The normalized spacial score (nSPS) is 11.8. The highest BCUT2D eigenvalue weighted by Crippen LogP contribution is 2.43. The highest BCUT2D eigenvalue weighted by Gasteiger charge is 2.26. The summed E-state index contributed by atoms with van der Waals surface area (Å²) in [6.45, 7) is 8.44. The number of carboxylic acids is 1. The van der Waals surface area contributed by atoms with E-state index in [1.54, 1.807) is 39.8 Å². The molecule has 2 aromatic carbocycles. The summed E-state index contributed by atoms with van der Waals surface area (Å²) in [5.74, 6) is -3.50. The van der Waals surface area contributed by atoms with Crippen LogP contribution in [-0.2, 0) is 22.5 Å². The first-order valence-corrected chi connectivity index (χ1v) is 11.5. The Hall–Kier alpha value is -2.58. The smallest absolute Gasteiger partial charge is 0.338 e. The van der Waals surface area contributed by atoms with Crippen LogP contribution in [0, 0.1) is 18.6 Å². The molecule has 0 aliphatic heterocycles. The first-order valence-electron chi connectivity index (χ1n) is 10.3. The number of nitrogens with zero attached hydrogens (tertiary/aromatic N) is 1. The lowest BCUT2D eigenvalue weighted by Gasteiger charge is -2.20. The average Bonchev–Trinajstić information content (AvgIpc) is 2.96. The molecule has 0 saturated carbocycles. The zero-order valence-corrected chi connectivity index (χ0v) is 20.5. The van der Waals surface area contributed by atoms with Gasteiger partial charge < -0.3 is 14.4 Å². The lowest BCUT2D eigenvalue weighted by atomic mass is 10.1. The minimum atomic E-state index is -1.38. The number of halogens is 3. The number of rotatable bonds is 6. The lowest BCUT2D eigenvalue weighted by Crippen LogP contribution is -2.26. The van der Waals surface area contributed by atoms with Crippen LogP contribution in [0.4, 0.5) is 8.78 Å². The number of hydrogen-bond acceptors (Lipinski definition) is 4. The van der Waals surface area contributed by atoms with Gasteiger partial charge in [-0.2, -0.15) is 0 Å². The van der Waals surface area contributed by atoms with Gasteiger partial charge in [-0.3, -0.25) is 4.79 Å². The Bertz CT molecular complexity index is 1260. The molecule has 0 atom stereocenters. The van der Waals surface area contributed by atoms with Gasteiger partial charge in [0.05, 0.1) is 21.0 Å².